The van der Waals surface area contributed by atoms with Crippen molar-refractivity contribution < 1.29 is 23.7 Å². The first-order valence-electron chi connectivity index (χ1n) is 8.89. The van der Waals surface area contributed by atoms with E-state index >= 15 is 0 Å². The molecule has 10 heteroatoms. The van der Waals surface area contributed by atoms with Gasteiger partial charge in [0.15, 0.2) is 0 Å². The van der Waals surface area contributed by atoms with E-state index in [9.17, 15) is 0 Å². The molecule has 0 N–H and O–H groups in total. The Morgan fingerprint density at radius 2 is 1.92 bits per heavy atom. The maximum absolute atomic E-state index is 5.89. The number of methoxy groups -OCH3 is 2. The summed E-state index contributed by atoms with van der Waals surface area (Å²) in [5.74, 6) is 0.270. The van der Waals surface area contributed by atoms with Crippen LogP contribution in [-0.4, -0.2) is 88.4 Å². The number of rotatable bonds is 9. The molecule has 8 nitrogen and oxygen atoms in total. The third-order valence-electron chi connectivity index (χ3n) is 4.84. The van der Waals surface area contributed by atoms with Gasteiger partial charge in [-0.05, 0) is 25.2 Å². The fourth-order valence-corrected chi connectivity index (χ4v) is 3.56. The SMILES string of the molecule is [B][C@H]1C[C@@H](Cc2cn(COC[C@H]3O[C@@H]([B])C[C@H]3OC)nn2)[C@@H](COC)O1. The lowest BCUT2D eigenvalue weighted by Gasteiger charge is -2.17. The second kappa shape index (κ2) is 9.32. The summed E-state index contributed by atoms with van der Waals surface area (Å²) in [6, 6.07) is -0.545. The Hall–Kier alpha value is -0.930. The van der Waals surface area contributed by atoms with Crippen molar-refractivity contribution in [2.24, 2.45) is 5.92 Å². The first-order valence-corrected chi connectivity index (χ1v) is 8.89. The van der Waals surface area contributed by atoms with E-state index in [1.165, 1.54) is 0 Å². The monoisotopic (exact) mass is 361 g/mol. The number of aromatic nitrogens is 3. The largest absolute Gasteiger partial charge is 0.382 e. The summed E-state index contributed by atoms with van der Waals surface area (Å²) in [5.41, 5.74) is 0.881. The van der Waals surface area contributed by atoms with Crippen LogP contribution in [0.3, 0.4) is 0 Å². The maximum atomic E-state index is 5.89. The minimum Gasteiger partial charge on any atom is -0.382 e. The molecule has 0 amide bonds. The van der Waals surface area contributed by atoms with Crippen molar-refractivity contribution >= 4 is 15.7 Å². The molecule has 0 saturated carbocycles. The summed E-state index contributed by atoms with van der Waals surface area (Å²) < 4.78 is 29.2. The molecular formula is C16H25B2N3O5. The highest BCUT2D eigenvalue weighted by Crippen LogP contribution is 2.28. The van der Waals surface area contributed by atoms with Gasteiger partial charge in [-0.25, -0.2) is 4.68 Å². The predicted octanol–water partition coefficient (Wildman–Crippen LogP) is -0.361. The summed E-state index contributed by atoms with van der Waals surface area (Å²) in [6.45, 7) is 1.21. The molecule has 2 aliphatic rings. The van der Waals surface area contributed by atoms with Crippen molar-refractivity contribution in [3.05, 3.63) is 11.9 Å². The Labute approximate surface area is 156 Å². The predicted molar refractivity (Wildman–Crippen MR) is 93.9 cm³/mol. The molecule has 2 saturated heterocycles. The summed E-state index contributed by atoms with van der Waals surface area (Å²) in [6.07, 6.45) is 3.87. The van der Waals surface area contributed by atoms with Crippen molar-refractivity contribution in [3.63, 3.8) is 0 Å². The molecule has 1 aromatic rings. The van der Waals surface area contributed by atoms with Gasteiger partial charge in [0.1, 0.15) is 28.5 Å². The van der Waals surface area contributed by atoms with Crippen LogP contribution < -0.4 is 0 Å². The Balaban J connectivity index is 1.44. The summed E-state index contributed by atoms with van der Waals surface area (Å²) >= 11 is 0. The van der Waals surface area contributed by atoms with Crippen molar-refractivity contribution in [2.75, 3.05) is 27.4 Å². The molecular weight excluding hydrogens is 336 g/mol. The Morgan fingerprint density at radius 1 is 1.15 bits per heavy atom. The standard InChI is InChI=1S/C16H25B2N3O5/c1-22-7-13-10(4-15(17)25-13)3-11-6-21(20-19-11)9-24-8-14-12(23-2)5-16(18)26-14/h6,10,12-16H,3-5,7-9H2,1-2H3/t10-,12-,13-,14-,15-,16-/m1/s1. The fourth-order valence-electron chi connectivity index (χ4n) is 3.56. The normalized spacial score (nSPS) is 34.5. The molecule has 26 heavy (non-hydrogen) atoms. The third-order valence-corrected chi connectivity index (χ3v) is 4.84. The van der Waals surface area contributed by atoms with Gasteiger partial charge in [-0.3, -0.25) is 0 Å². The van der Waals surface area contributed by atoms with E-state index in [2.05, 4.69) is 10.3 Å². The highest BCUT2D eigenvalue weighted by Gasteiger charge is 2.34. The van der Waals surface area contributed by atoms with Crippen LogP contribution in [0.4, 0.5) is 0 Å². The molecule has 0 spiro atoms. The number of ether oxygens (including phenoxy) is 5. The van der Waals surface area contributed by atoms with Crippen LogP contribution in [0.25, 0.3) is 0 Å². The lowest BCUT2D eigenvalue weighted by Crippen LogP contribution is -2.28. The van der Waals surface area contributed by atoms with Crippen LogP contribution in [0.2, 0.25) is 0 Å². The zero-order valence-corrected chi connectivity index (χ0v) is 15.3. The zero-order valence-electron chi connectivity index (χ0n) is 15.3. The van der Waals surface area contributed by atoms with Gasteiger partial charge < -0.3 is 23.7 Å². The van der Waals surface area contributed by atoms with E-state index < -0.39 is 0 Å². The van der Waals surface area contributed by atoms with E-state index in [1.54, 1.807) is 18.9 Å². The van der Waals surface area contributed by atoms with Gasteiger partial charge in [-0.2, -0.15) is 0 Å². The molecule has 0 aromatic carbocycles. The Morgan fingerprint density at radius 3 is 2.69 bits per heavy atom. The van der Waals surface area contributed by atoms with Crippen LogP contribution in [0, 0.1) is 5.92 Å². The third kappa shape index (κ3) is 5.07. The quantitative estimate of drug-likeness (QED) is 0.556. The van der Waals surface area contributed by atoms with Gasteiger partial charge >= 0.3 is 0 Å². The fraction of sp³-hybridized carbons (Fsp3) is 0.875. The molecule has 6 atom stereocenters. The van der Waals surface area contributed by atoms with Gasteiger partial charge in [0.2, 0.25) is 0 Å². The number of hydrogen-bond donors (Lipinski definition) is 0. The molecule has 2 aliphatic heterocycles. The van der Waals surface area contributed by atoms with Gasteiger partial charge in [0.25, 0.3) is 0 Å². The van der Waals surface area contributed by atoms with Crippen molar-refractivity contribution in [1.82, 2.24) is 15.0 Å². The van der Waals surface area contributed by atoms with E-state index in [1.807, 2.05) is 6.20 Å². The van der Waals surface area contributed by atoms with E-state index in [4.69, 9.17) is 39.4 Å². The average molecular weight is 361 g/mol. The summed E-state index contributed by atoms with van der Waals surface area (Å²) in [4.78, 5) is 0. The topological polar surface area (TPSA) is 76.9 Å². The van der Waals surface area contributed by atoms with Crippen LogP contribution in [0.15, 0.2) is 6.20 Å². The molecule has 0 bridgehead atoms. The summed E-state index contributed by atoms with van der Waals surface area (Å²) in [5, 5.41) is 8.32. The lowest BCUT2D eigenvalue weighted by atomic mass is 9.88. The lowest BCUT2D eigenvalue weighted by molar-refractivity contribution is -0.0589. The highest BCUT2D eigenvalue weighted by molar-refractivity contribution is 6.11. The zero-order chi connectivity index (χ0) is 18.5. The van der Waals surface area contributed by atoms with Crippen LogP contribution >= 0.6 is 0 Å². The smallest absolute Gasteiger partial charge is 0.141 e. The van der Waals surface area contributed by atoms with Crippen LogP contribution in [0.5, 0.6) is 0 Å². The van der Waals surface area contributed by atoms with Crippen molar-refractivity contribution in [3.8, 4) is 0 Å². The molecule has 140 valence electrons. The first-order chi connectivity index (χ1) is 12.6. The maximum Gasteiger partial charge on any atom is 0.141 e. The summed E-state index contributed by atoms with van der Waals surface area (Å²) in [7, 11) is 15.0. The van der Waals surface area contributed by atoms with Gasteiger partial charge in [0, 0.05) is 26.2 Å². The molecule has 3 rings (SSSR count). The van der Waals surface area contributed by atoms with E-state index in [0.717, 1.165) is 18.5 Å². The number of hydrogen-bond acceptors (Lipinski definition) is 7. The Kier molecular flexibility index (Phi) is 7.11. The van der Waals surface area contributed by atoms with Crippen LogP contribution in [-0.2, 0) is 36.8 Å². The average Bonchev–Trinajstić information content (AvgIpc) is 3.28. The second-order valence-electron chi connectivity index (χ2n) is 6.84. The first kappa shape index (κ1) is 19.8. The molecule has 4 radical (unpaired) electrons. The number of nitrogens with zero attached hydrogens (tertiary/aromatic N) is 3. The van der Waals surface area contributed by atoms with E-state index in [0.29, 0.717) is 26.4 Å². The van der Waals surface area contributed by atoms with Crippen LogP contribution in [0.1, 0.15) is 18.5 Å². The van der Waals surface area contributed by atoms with Gasteiger partial charge in [-0.1, -0.05) is 5.21 Å². The van der Waals surface area contributed by atoms with Crippen molar-refractivity contribution in [1.29, 1.82) is 0 Å². The molecule has 0 aliphatic carbocycles. The molecule has 0 unspecified atom stereocenters. The van der Waals surface area contributed by atoms with E-state index in [-0.39, 0.29) is 36.2 Å². The highest BCUT2D eigenvalue weighted by atomic mass is 16.6. The second-order valence-corrected chi connectivity index (χ2v) is 6.84. The van der Waals surface area contributed by atoms with Crippen molar-refractivity contribution in [2.45, 2.75) is 56.3 Å². The minimum atomic E-state index is -0.299. The molecule has 3 heterocycles. The minimum absolute atomic E-state index is 0.00824. The molecule has 1 aromatic heterocycles. The van der Waals surface area contributed by atoms with Gasteiger partial charge in [0.05, 0.1) is 37.3 Å². The van der Waals surface area contributed by atoms with Gasteiger partial charge in [-0.15, -0.1) is 5.10 Å². The Bertz CT molecular complexity index is 564. The molecule has 2 fully saturated rings.